The molecule has 0 aliphatic carbocycles. The Kier molecular flexibility index (Phi) is 5.99. The Hall–Kier alpha value is -1.99. The van der Waals surface area contributed by atoms with Crippen LogP contribution in [0.4, 0.5) is 0 Å². The third-order valence-electron chi connectivity index (χ3n) is 3.88. The second kappa shape index (κ2) is 8.40. The molecule has 0 radical (unpaired) electrons. The van der Waals surface area contributed by atoms with Gasteiger partial charge in [0.2, 0.25) is 0 Å². The minimum atomic E-state index is -0.212. The molecule has 0 aromatic carbocycles. The number of thioether (sulfide) groups is 1. The molecule has 130 valence electrons. The molecule has 5 nitrogen and oxygen atoms in total. The number of hydrogen-bond donors (Lipinski definition) is 0. The van der Waals surface area contributed by atoms with E-state index in [1.54, 1.807) is 30.1 Å². The van der Waals surface area contributed by atoms with Crippen LogP contribution in [0, 0.1) is 13.8 Å². The molecule has 7 heteroatoms. The summed E-state index contributed by atoms with van der Waals surface area (Å²) in [5.74, 6) is 0.0477. The molecule has 0 aliphatic heterocycles. The van der Waals surface area contributed by atoms with Gasteiger partial charge in [-0.25, -0.2) is 9.97 Å². The minimum absolute atomic E-state index is 0.212. The Morgan fingerprint density at radius 2 is 2.04 bits per heavy atom. The van der Waals surface area contributed by atoms with E-state index in [0.717, 1.165) is 28.1 Å². The number of esters is 1. The summed E-state index contributed by atoms with van der Waals surface area (Å²) < 4.78 is 5.32. The molecule has 0 amide bonds. The summed E-state index contributed by atoms with van der Waals surface area (Å²) in [7, 11) is 0. The number of carbonyl (C=O) groups excluding carboxylic acids is 1. The van der Waals surface area contributed by atoms with Crippen LogP contribution in [0.2, 0.25) is 0 Å². The van der Waals surface area contributed by atoms with Gasteiger partial charge in [-0.3, -0.25) is 9.78 Å². The SMILES string of the molecule is Cc1sc2ncnc(SCC(=O)OCCCc3ccncc3)c2c1C. The largest absolute Gasteiger partial charge is 0.465 e. The maximum Gasteiger partial charge on any atom is 0.316 e. The number of carbonyl (C=O) groups is 1. The summed E-state index contributed by atoms with van der Waals surface area (Å²) in [6.45, 7) is 4.57. The monoisotopic (exact) mass is 373 g/mol. The standard InChI is InChI=1S/C18H19N3O2S2/c1-12-13(2)25-18-16(12)17(20-11-21-18)24-10-15(22)23-9-3-4-14-5-7-19-8-6-14/h5-8,11H,3-4,9-10H2,1-2H3. The first-order valence-corrected chi connectivity index (χ1v) is 9.83. The number of aromatic nitrogens is 3. The first kappa shape index (κ1) is 17.8. The lowest BCUT2D eigenvalue weighted by molar-refractivity contribution is -0.140. The van der Waals surface area contributed by atoms with E-state index in [4.69, 9.17) is 4.74 Å². The number of ether oxygens (including phenoxy) is 1. The topological polar surface area (TPSA) is 65.0 Å². The highest BCUT2D eigenvalue weighted by Crippen LogP contribution is 2.34. The van der Waals surface area contributed by atoms with Crippen LogP contribution in [-0.4, -0.2) is 33.3 Å². The predicted molar refractivity (Wildman–Crippen MR) is 101 cm³/mol. The predicted octanol–water partition coefficient (Wildman–Crippen LogP) is 3.97. The van der Waals surface area contributed by atoms with Crippen LogP contribution in [-0.2, 0) is 16.0 Å². The molecule has 0 unspecified atom stereocenters. The number of hydrogen-bond acceptors (Lipinski definition) is 7. The maximum atomic E-state index is 12.0. The highest BCUT2D eigenvalue weighted by molar-refractivity contribution is 8.00. The zero-order chi connectivity index (χ0) is 17.6. The lowest BCUT2D eigenvalue weighted by atomic mass is 10.1. The Labute approximate surface area is 154 Å². The van der Waals surface area contributed by atoms with Gasteiger partial charge >= 0.3 is 5.97 Å². The lowest BCUT2D eigenvalue weighted by Crippen LogP contribution is -2.09. The Balaban J connectivity index is 1.48. The molecule has 3 aromatic rings. The van der Waals surface area contributed by atoms with E-state index in [2.05, 4.69) is 28.8 Å². The first-order valence-electron chi connectivity index (χ1n) is 8.03. The van der Waals surface area contributed by atoms with Gasteiger partial charge in [0.25, 0.3) is 0 Å². The summed E-state index contributed by atoms with van der Waals surface area (Å²) in [4.78, 5) is 26.8. The summed E-state index contributed by atoms with van der Waals surface area (Å²) in [6, 6.07) is 3.95. The fourth-order valence-corrected chi connectivity index (χ4v) is 4.36. The van der Waals surface area contributed by atoms with E-state index in [9.17, 15) is 4.79 Å². The van der Waals surface area contributed by atoms with Gasteiger partial charge in [0.05, 0.1) is 12.4 Å². The molecule has 3 rings (SSSR count). The average Bonchev–Trinajstić information content (AvgIpc) is 2.93. The molecule has 25 heavy (non-hydrogen) atoms. The van der Waals surface area contributed by atoms with Crippen molar-refractivity contribution in [2.75, 3.05) is 12.4 Å². The number of fused-ring (bicyclic) bond motifs is 1. The third kappa shape index (κ3) is 4.55. The van der Waals surface area contributed by atoms with Crippen LogP contribution in [0.25, 0.3) is 10.2 Å². The van der Waals surface area contributed by atoms with Crippen LogP contribution >= 0.6 is 23.1 Å². The highest BCUT2D eigenvalue weighted by atomic mass is 32.2. The number of rotatable bonds is 7. The van der Waals surface area contributed by atoms with Gasteiger partial charge in [-0.15, -0.1) is 11.3 Å². The molecule has 0 N–H and O–H groups in total. The summed E-state index contributed by atoms with van der Waals surface area (Å²) in [5.41, 5.74) is 2.39. The number of aryl methyl sites for hydroxylation is 3. The second-order valence-electron chi connectivity index (χ2n) is 5.61. The van der Waals surface area contributed by atoms with Crippen LogP contribution < -0.4 is 0 Å². The van der Waals surface area contributed by atoms with Crippen molar-refractivity contribution >= 4 is 39.3 Å². The van der Waals surface area contributed by atoms with Crippen molar-refractivity contribution in [1.29, 1.82) is 0 Å². The van der Waals surface area contributed by atoms with Gasteiger partial charge in [-0.2, -0.15) is 0 Å². The van der Waals surface area contributed by atoms with Gasteiger partial charge in [0, 0.05) is 22.7 Å². The van der Waals surface area contributed by atoms with E-state index < -0.39 is 0 Å². The van der Waals surface area contributed by atoms with Crippen molar-refractivity contribution in [2.45, 2.75) is 31.7 Å². The molecule has 0 bridgehead atoms. The maximum absolute atomic E-state index is 12.0. The molecule has 0 spiro atoms. The van der Waals surface area contributed by atoms with E-state index >= 15 is 0 Å². The van der Waals surface area contributed by atoms with E-state index in [1.165, 1.54) is 27.8 Å². The normalized spacial score (nSPS) is 11.0. The molecule has 0 saturated heterocycles. The van der Waals surface area contributed by atoms with Crippen LogP contribution in [0.15, 0.2) is 35.9 Å². The van der Waals surface area contributed by atoms with Crippen molar-refractivity contribution in [1.82, 2.24) is 15.0 Å². The fourth-order valence-electron chi connectivity index (χ4n) is 2.44. The quantitative estimate of drug-likeness (QED) is 0.270. The van der Waals surface area contributed by atoms with E-state index in [-0.39, 0.29) is 11.7 Å². The summed E-state index contributed by atoms with van der Waals surface area (Å²) >= 11 is 3.07. The molecule has 0 aliphatic rings. The van der Waals surface area contributed by atoms with Crippen LogP contribution in [0.5, 0.6) is 0 Å². The van der Waals surface area contributed by atoms with Gasteiger partial charge in [-0.1, -0.05) is 11.8 Å². The smallest absolute Gasteiger partial charge is 0.316 e. The molecule has 3 heterocycles. The van der Waals surface area contributed by atoms with Gasteiger partial charge < -0.3 is 4.74 Å². The Morgan fingerprint density at radius 1 is 1.24 bits per heavy atom. The van der Waals surface area contributed by atoms with Crippen molar-refractivity contribution in [3.63, 3.8) is 0 Å². The molecule has 3 aromatic heterocycles. The zero-order valence-corrected chi connectivity index (χ0v) is 15.8. The van der Waals surface area contributed by atoms with Gasteiger partial charge in [-0.05, 0) is 49.9 Å². The summed E-state index contributed by atoms with van der Waals surface area (Å²) in [5, 5.41) is 1.90. The zero-order valence-electron chi connectivity index (χ0n) is 14.2. The molecular weight excluding hydrogens is 354 g/mol. The Morgan fingerprint density at radius 3 is 2.84 bits per heavy atom. The fraction of sp³-hybridized carbons (Fsp3) is 0.333. The first-order chi connectivity index (χ1) is 12.1. The highest BCUT2D eigenvalue weighted by Gasteiger charge is 2.14. The summed E-state index contributed by atoms with van der Waals surface area (Å²) in [6.07, 6.45) is 6.78. The van der Waals surface area contributed by atoms with E-state index in [1.807, 2.05) is 12.1 Å². The number of thiophene rings is 1. The van der Waals surface area contributed by atoms with Gasteiger partial charge in [0.1, 0.15) is 16.2 Å². The van der Waals surface area contributed by atoms with Gasteiger partial charge in [0.15, 0.2) is 0 Å². The number of pyridine rings is 1. The molecular formula is C18H19N3O2S2. The second-order valence-corrected chi connectivity index (χ2v) is 7.78. The third-order valence-corrected chi connectivity index (χ3v) is 5.96. The van der Waals surface area contributed by atoms with E-state index in [0.29, 0.717) is 6.61 Å². The number of nitrogens with zero attached hydrogens (tertiary/aromatic N) is 3. The molecule has 0 fully saturated rings. The van der Waals surface area contributed by atoms with Crippen LogP contribution in [0.3, 0.4) is 0 Å². The lowest BCUT2D eigenvalue weighted by Gasteiger charge is -2.05. The van der Waals surface area contributed by atoms with Crippen molar-refractivity contribution in [3.8, 4) is 0 Å². The molecule has 0 atom stereocenters. The minimum Gasteiger partial charge on any atom is -0.465 e. The van der Waals surface area contributed by atoms with Crippen molar-refractivity contribution in [2.24, 2.45) is 0 Å². The van der Waals surface area contributed by atoms with Crippen LogP contribution in [0.1, 0.15) is 22.4 Å². The van der Waals surface area contributed by atoms with Crippen molar-refractivity contribution < 1.29 is 9.53 Å². The van der Waals surface area contributed by atoms with Crippen molar-refractivity contribution in [3.05, 3.63) is 46.9 Å². The molecule has 0 saturated carbocycles. The average molecular weight is 374 g/mol. The Bertz CT molecular complexity index is 865.